The van der Waals surface area contributed by atoms with Crippen molar-refractivity contribution in [2.24, 2.45) is 11.8 Å². The maximum absolute atomic E-state index is 12.2. The van der Waals surface area contributed by atoms with E-state index < -0.39 is 0 Å². The van der Waals surface area contributed by atoms with Crippen LogP contribution >= 0.6 is 0 Å². The number of hydrogen-bond donors (Lipinski definition) is 2. The van der Waals surface area contributed by atoms with Crippen LogP contribution in [0.25, 0.3) is 0 Å². The van der Waals surface area contributed by atoms with Crippen molar-refractivity contribution < 1.29 is 9.59 Å². The molecule has 1 aromatic heterocycles. The second-order valence-electron chi connectivity index (χ2n) is 6.05. The van der Waals surface area contributed by atoms with Gasteiger partial charge in [-0.1, -0.05) is 13.8 Å². The molecule has 2 amide bonds. The first-order chi connectivity index (χ1) is 10.1. The van der Waals surface area contributed by atoms with Crippen molar-refractivity contribution in [2.75, 3.05) is 19.6 Å². The molecular formula is C15H24N4O2. The number of likely N-dealkylation sites (tertiary alicyclic amines) is 1. The highest BCUT2D eigenvalue weighted by atomic mass is 16.2. The summed E-state index contributed by atoms with van der Waals surface area (Å²) in [5.41, 5.74) is 1.01. The maximum Gasteiger partial charge on any atom is 0.224 e. The highest BCUT2D eigenvalue weighted by Gasteiger charge is 2.30. The molecule has 0 aliphatic carbocycles. The maximum atomic E-state index is 12.2. The van der Waals surface area contributed by atoms with Gasteiger partial charge in [0.25, 0.3) is 0 Å². The van der Waals surface area contributed by atoms with E-state index in [4.69, 9.17) is 0 Å². The van der Waals surface area contributed by atoms with Crippen LogP contribution in [-0.2, 0) is 16.0 Å². The van der Waals surface area contributed by atoms with Gasteiger partial charge in [-0.25, -0.2) is 0 Å². The summed E-state index contributed by atoms with van der Waals surface area (Å²) in [4.78, 5) is 25.9. The number of aromatic nitrogens is 2. The molecule has 6 heteroatoms. The van der Waals surface area contributed by atoms with Crippen molar-refractivity contribution in [2.45, 2.75) is 33.1 Å². The van der Waals surface area contributed by atoms with Crippen LogP contribution in [0.2, 0.25) is 0 Å². The zero-order chi connectivity index (χ0) is 15.2. The third-order valence-corrected chi connectivity index (χ3v) is 3.71. The van der Waals surface area contributed by atoms with E-state index in [1.165, 1.54) is 0 Å². The predicted octanol–water partition coefficient (Wildman–Crippen LogP) is 0.963. The van der Waals surface area contributed by atoms with Gasteiger partial charge in [0.1, 0.15) is 0 Å². The molecule has 0 radical (unpaired) electrons. The fraction of sp³-hybridized carbons (Fsp3) is 0.667. The Balaban J connectivity index is 1.77. The van der Waals surface area contributed by atoms with E-state index in [0.29, 0.717) is 31.8 Å². The van der Waals surface area contributed by atoms with Gasteiger partial charge in [0.05, 0.1) is 5.92 Å². The standard InChI is InChI=1S/C15H24N4O2/c1-11(2)9-19-10-12(3-4-14(19)20)15(21)16-7-5-13-6-8-17-18-13/h6,8,11-12H,3-5,7,9-10H2,1-2H3,(H,16,21)(H,17,18)/t12-/m1/s1. The molecular weight excluding hydrogens is 268 g/mol. The number of nitrogens with one attached hydrogen (secondary N) is 2. The van der Waals surface area contributed by atoms with Crippen molar-refractivity contribution in [3.8, 4) is 0 Å². The minimum Gasteiger partial charge on any atom is -0.355 e. The van der Waals surface area contributed by atoms with Crippen LogP contribution in [-0.4, -0.2) is 46.5 Å². The van der Waals surface area contributed by atoms with Crippen molar-refractivity contribution in [1.82, 2.24) is 20.4 Å². The Hall–Kier alpha value is -1.85. The molecule has 2 heterocycles. The van der Waals surface area contributed by atoms with Gasteiger partial charge < -0.3 is 10.2 Å². The minimum atomic E-state index is -0.0804. The number of piperidine rings is 1. The molecule has 6 nitrogen and oxygen atoms in total. The van der Waals surface area contributed by atoms with E-state index in [-0.39, 0.29) is 17.7 Å². The summed E-state index contributed by atoms with van der Waals surface area (Å²) in [6.45, 7) is 6.04. The minimum absolute atomic E-state index is 0.0516. The quantitative estimate of drug-likeness (QED) is 0.820. The number of H-pyrrole nitrogens is 1. The summed E-state index contributed by atoms with van der Waals surface area (Å²) >= 11 is 0. The molecule has 1 fully saturated rings. The van der Waals surface area contributed by atoms with E-state index in [2.05, 4.69) is 29.4 Å². The van der Waals surface area contributed by atoms with E-state index >= 15 is 0 Å². The molecule has 0 spiro atoms. The predicted molar refractivity (Wildman–Crippen MR) is 79.4 cm³/mol. The van der Waals surface area contributed by atoms with Gasteiger partial charge >= 0.3 is 0 Å². The third-order valence-electron chi connectivity index (χ3n) is 3.71. The van der Waals surface area contributed by atoms with E-state index in [9.17, 15) is 9.59 Å². The molecule has 0 bridgehead atoms. The normalized spacial score (nSPS) is 19.1. The van der Waals surface area contributed by atoms with E-state index in [1.807, 2.05) is 11.0 Å². The lowest BCUT2D eigenvalue weighted by Gasteiger charge is -2.33. The Morgan fingerprint density at radius 1 is 1.57 bits per heavy atom. The molecule has 1 aliphatic heterocycles. The fourth-order valence-corrected chi connectivity index (χ4v) is 2.63. The monoisotopic (exact) mass is 292 g/mol. The van der Waals surface area contributed by atoms with Gasteiger partial charge in [0.15, 0.2) is 0 Å². The molecule has 2 N–H and O–H groups in total. The van der Waals surface area contributed by atoms with Gasteiger partial charge in [0, 0.05) is 44.4 Å². The van der Waals surface area contributed by atoms with Crippen LogP contribution < -0.4 is 5.32 Å². The third kappa shape index (κ3) is 4.58. The van der Waals surface area contributed by atoms with Crippen molar-refractivity contribution in [1.29, 1.82) is 0 Å². The number of rotatable bonds is 6. The van der Waals surface area contributed by atoms with Crippen LogP contribution in [0, 0.1) is 11.8 Å². The second kappa shape index (κ2) is 7.24. The Morgan fingerprint density at radius 3 is 3.05 bits per heavy atom. The summed E-state index contributed by atoms with van der Waals surface area (Å²) in [5, 5.41) is 9.70. The van der Waals surface area contributed by atoms with Gasteiger partial charge in [-0.2, -0.15) is 5.10 Å². The molecule has 116 valence electrons. The Kier molecular flexibility index (Phi) is 5.36. The number of nitrogens with zero attached hydrogens (tertiary/aromatic N) is 2. The zero-order valence-corrected chi connectivity index (χ0v) is 12.8. The molecule has 2 rings (SSSR count). The lowest BCUT2D eigenvalue weighted by atomic mass is 9.95. The SMILES string of the molecule is CC(C)CN1C[C@H](C(=O)NCCc2ccn[nH]2)CCC1=O. The average molecular weight is 292 g/mol. The smallest absolute Gasteiger partial charge is 0.224 e. The molecule has 1 aromatic rings. The molecule has 1 aliphatic rings. The van der Waals surface area contributed by atoms with Gasteiger partial charge in [-0.15, -0.1) is 0 Å². The Morgan fingerprint density at radius 2 is 2.38 bits per heavy atom. The van der Waals surface area contributed by atoms with Crippen LogP contribution in [0.3, 0.4) is 0 Å². The molecule has 1 atom stereocenters. The molecule has 0 unspecified atom stereocenters. The van der Waals surface area contributed by atoms with Crippen LogP contribution in [0.1, 0.15) is 32.4 Å². The first-order valence-corrected chi connectivity index (χ1v) is 7.60. The Bertz CT molecular complexity index is 470. The number of hydrogen-bond acceptors (Lipinski definition) is 3. The summed E-state index contributed by atoms with van der Waals surface area (Å²) in [6.07, 6.45) is 3.58. The van der Waals surface area contributed by atoms with Gasteiger partial charge in [-0.05, 0) is 18.4 Å². The van der Waals surface area contributed by atoms with E-state index in [1.54, 1.807) is 6.20 Å². The lowest BCUT2D eigenvalue weighted by Crippen LogP contribution is -2.47. The summed E-state index contributed by atoms with van der Waals surface area (Å²) in [7, 11) is 0. The van der Waals surface area contributed by atoms with Crippen LogP contribution in [0.15, 0.2) is 12.3 Å². The summed E-state index contributed by atoms with van der Waals surface area (Å²) in [5.74, 6) is 0.570. The van der Waals surface area contributed by atoms with Crippen LogP contribution in [0.4, 0.5) is 0 Å². The summed E-state index contributed by atoms with van der Waals surface area (Å²) < 4.78 is 0. The van der Waals surface area contributed by atoms with E-state index in [0.717, 1.165) is 18.7 Å². The van der Waals surface area contributed by atoms with Crippen LogP contribution in [0.5, 0.6) is 0 Å². The number of carbonyl (C=O) groups excluding carboxylic acids is 2. The summed E-state index contributed by atoms with van der Waals surface area (Å²) in [6, 6.07) is 1.90. The fourth-order valence-electron chi connectivity index (χ4n) is 2.63. The first-order valence-electron chi connectivity index (χ1n) is 7.60. The second-order valence-corrected chi connectivity index (χ2v) is 6.05. The average Bonchev–Trinajstić information content (AvgIpc) is 2.94. The van der Waals surface area contributed by atoms with Crippen molar-refractivity contribution in [3.63, 3.8) is 0 Å². The zero-order valence-electron chi connectivity index (χ0n) is 12.8. The largest absolute Gasteiger partial charge is 0.355 e. The molecule has 1 saturated heterocycles. The highest BCUT2D eigenvalue weighted by molar-refractivity contribution is 5.83. The topological polar surface area (TPSA) is 78.1 Å². The highest BCUT2D eigenvalue weighted by Crippen LogP contribution is 2.18. The molecule has 0 saturated carbocycles. The van der Waals surface area contributed by atoms with Gasteiger partial charge in [0.2, 0.25) is 11.8 Å². The lowest BCUT2D eigenvalue weighted by molar-refractivity contribution is -0.138. The number of aromatic amines is 1. The van der Waals surface area contributed by atoms with Crippen molar-refractivity contribution in [3.05, 3.63) is 18.0 Å². The number of amides is 2. The van der Waals surface area contributed by atoms with Gasteiger partial charge in [-0.3, -0.25) is 14.7 Å². The van der Waals surface area contributed by atoms with Crippen molar-refractivity contribution >= 4 is 11.8 Å². The Labute approximate surface area is 125 Å². The molecule has 0 aromatic carbocycles. The molecule has 21 heavy (non-hydrogen) atoms. The number of carbonyl (C=O) groups is 2. The first kappa shape index (κ1) is 15.5.